The van der Waals surface area contributed by atoms with Gasteiger partial charge in [-0.15, -0.1) is 0 Å². The van der Waals surface area contributed by atoms with Gasteiger partial charge in [0.15, 0.2) is 5.78 Å². The van der Waals surface area contributed by atoms with Gasteiger partial charge in [0.1, 0.15) is 0 Å². The number of nitrogens with one attached hydrogen (secondary N) is 1. The predicted molar refractivity (Wildman–Crippen MR) is 70.8 cm³/mol. The van der Waals surface area contributed by atoms with Gasteiger partial charge in [0.05, 0.1) is 17.3 Å². The molecule has 0 radical (unpaired) electrons. The SMILES string of the molecule is CCn1cc(C(=O)C(C)(C)N2CCNCC2)cn1. The summed E-state index contributed by atoms with van der Waals surface area (Å²) in [7, 11) is 0. The van der Waals surface area contributed by atoms with E-state index in [2.05, 4.69) is 15.3 Å². The van der Waals surface area contributed by atoms with Crippen LogP contribution in [0, 0.1) is 0 Å². The van der Waals surface area contributed by atoms with Crippen molar-refractivity contribution >= 4 is 5.78 Å². The third-order valence-corrected chi connectivity index (χ3v) is 3.68. The van der Waals surface area contributed by atoms with Crippen LogP contribution in [0.25, 0.3) is 0 Å². The number of hydrogen-bond acceptors (Lipinski definition) is 4. The molecule has 1 aliphatic rings. The summed E-state index contributed by atoms with van der Waals surface area (Å²) in [5.74, 6) is 0.157. The Morgan fingerprint density at radius 2 is 2.11 bits per heavy atom. The maximum absolute atomic E-state index is 12.6. The largest absolute Gasteiger partial charge is 0.314 e. The molecule has 0 amide bonds. The smallest absolute Gasteiger partial charge is 0.185 e. The van der Waals surface area contributed by atoms with Gasteiger partial charge in [-0.1, -0.05) is 0 Å². The van der Waals surface area contributed by atoms with Gasteiger partial charge in [-0.25, -0.2) is 0 Å². The van der Waals surface area contributed by atoms with E-state index in [1.54, 1.807) is 10.9 Å². The first-order valence-corrected chi connectivity index (χ1v) is 6.58. The van der Waals surface area contributed by atoms with Crippen LogP contribution < -0.4 is 5.32 Å². The molecule has 5 nitrogen and oxygen atoms in total. The topological polar surface area (TPSA) is 50.2 Å². The molecule has 1 aliphatic heterocycles. The van der Waals surface area contributed by atoms with Gasteiger partial charge in [0.25, 0.3) is 0 Å². The summed E-state index contributed by atoms with van der Waals surface area (Å²) in [6.45, 7) is 10.6. The number of nitrogens with zero attached hydrogens (tertiary/aromatic N) is 3. The van der Waals surface area contributed by atoms with E-state index in [0.717, 1.165) is 32.7 Å². The normalized spacial score (nSPS) is 17.9. The number of carbonyl (C=O) groups excluding carboxylic acids is 1. The second kappa shape index (κ2) is 5.20. The van der Waals surface area contributed by atoms with Crippen molar-refractivity contribution < 1.29 is 4.79 Å². The fourth-order valence-corrected chi connectivity index (χ4v) is 2.37. The fraction of sp³-hybridized carbons (Fsp3) is 0.692. The zero-order valence-corrected chi connectivity index (χ0v) is 11.4. The summed E-state index contributed by atoms with van der Waals surface area (Å²) >= 11 is 0. The molecule has 1 saturated heterocycles. The molecular formula is C13H22N4O. The van der Waals surface area contributed by atoms with Crippen molar-refractivity contribution in [3.8, 4) is 0 Å². The molecule has 0 aliphatic carbocycles. The Bertz CT molecular complexity index is 418. The molecule has 0 spiro atoms. The van der Waals surface area contributed by atoms with Crippen LogP contribution in [0.1, 0.15) is 31.1 Å². The lowest BCUT2D eigenvalue weighted by Crippen LogP contribution is -2.57. The van der Waals surface area contributed by atoms with Crippen molar-refractivity contribution in [2.75, 3.05) is 26.2 Å². The molecule has 1 N–H and O–H groups in total. The highest BCUT2D eigenvalue weighted by molar-refractivity contribution is 6.02. The summed E-state index contributed by atoms with van der Waals surface area (Å²) in [4.78, 5) is 14.8. The van der Waals surface area contributed by atoms with Crippen LogP contribution in [-0.4, -0.2) is 52.2 Å². The van der Waals surface area contributed by atoms with Gasteiger partial charge in [0, 0.05) is 38.9 Å². The number of aromatic nitrogens is 2. The Morgan fingerprint density at radius 3 is 2.67 bits per heavy atom. The monoisotopic (exact) mass is 250 g/mol. The Balaban J connectivity index is 2.15. The summed E-state index contributed by atoms with van der Waals surface area (Å²) < 4.78 is 1.79. The lowest BCUT2D eigenvalue weighted by Gasteiger charge is -2.39. The second-order valence-electron chi connectivity index (χ2n) is 5.21. The molecule has 0 aromatic carbocycles. The van der Waals surface area contributed by atoms with Crippen molar-refractivity contribution in [1.82, 2.24) is 20.0 Å². The van der Waals surface area contributed by atoms with Crippen LogP contribution >= 0.6 is 0 Å². The Morgan fingerprint density at radius 1 is 1.44 bits per heavy atom. The van der Waals surface area contributed by atoms with Gasteiger partial charge in [-0.05, 0) is 20.8 Å². The molecule has 1 fully saturated rings. The van der Waals surface area contributed by atoms with E-state index in [1.807, 2.05) is 27.0 Å². The number of piperazine rings is 1. The van der Waals surface area contributed by atoms with E-state index in [4.69, 9.17) is 0 Å². The quantitative estimate of drug-likeness (QED) is 0.802. The van der Waals surface area contributed by atoms with Crippen molar-refractivity contribution in [2.24, 2.45) is 0 Å². The zero-order valence-electron chi connectivity index (χ0n) is 11.4. The van der Waals surface area contributed by atoms with Gasteiger partial charge in [0.2, 0.25) is 0 Å². The minimum atomic E-state index is -0.455. The number of ketones is 1. The van der Waals surface area contributed by atoms with Gasteiger partial charge in [-0.2, -0.15) is 5.10 Å². The molecular weight excluding hydrogens is 228 g/mol. The van der Waals surface area contributed by atoms with E-state index in [1.165, 1.54) is 0 Å². The maximum Gasteiger partial charge on any atom is 0.185 e. The summed E-state index contributed by atoms with van der Waals surface area (Å²) in [6, 6.07) is 0. The molecule has 1 aromatic heterocycles. The summed E-state index contributed by atoms with van der Waals surface area (Å²) in [5, 5.41) is 7.49. The van der Waals surface area contributed by atoms with E-state index in [-0.39, 0.29) is 5.78 Å². The van der Waals surface area contributed by atoms with Gasteiger partial charge < -0.3 is 5.32 Å². The van der Waals surface area contributed by atoms with E-state index in [0.29, 0.717) is 5.56 Å². The molecule has 0 atom stereocenters. The molecule has 0 bridgehead atoms. The van der Waals surface area contributed by atoms with Crippen molar-refractivity contribution in [2.45, 2.75) is 32.9 Å². The third-order valence-electron chi connectivity index (χ3n) is 3.68. The van der Waals surface area contributed by atoms with Crippen molar-refractivity contribution in [1.29, 1.82) is 0 Å². The van der Waals surface area contributed by atoms with Crippen molar-refractivity contribution in [3.05, 3.63) is 18.0 Å². The highest BCUT2D eigenvalue weighted by Crippen LogP contribution is 2.20. The Labute approximate surface area is 108 Å². The number of rotatable bonds is 4. The minimum absolute atomic E-state index is 0.157. The highest BCUT2D eigenvalue weighted by atomic mass is 16.1. The fourth-order valence-electron chi connectivity index (χ4n) is 2.37. The zero-order chi connectivity index (χ0) is 13.2. The summed E-state index contributed by atoms with van der Waals surface area (Å²) in [5.41, 5.74) is 0.254. The van der Waals surface area contributed by atoms with Crippen molar-refractivity contribution in [3.63, 3.8) is 0 Å². The number of carbonyl (C=O) groups is 1. The van der Waals surface area contributed by atoms with Crippen LogP contribution in [0.3, 0.4) is 0 Å². The summed E-state index contributed by atoms with van der Waals surface area (Å²) in [6.07, 6.45) is 3.52. The maximum atomic E-state index is 12.6. The average molecular weight is 250 g/mol. The Hall–Kier alpha value is -1.20. The number of aryl methyl sites for hydroxylation is 1. The third kappa shape index (κ3) is 2.47. The van der Waals surface area contributed by atoms with E-state index < -0.39 is 5.54 Å². The molecule has 5 heteroatoms. The van der Waals surface area contributed by atoms with Crippen LogP contribution in [0.2, 0.25) is 0 Å². The molecule has 1 aromatic rings. The minimum Gasteiger partial charge on any atom is -0.314 e. The van der Waals surface area contributed by atoms with Crippen LogP contribution in [0.4, 0.5) is 0 Å². The highest BCUT2D eigenvalue weighted by Gasteiger charge is 2.36. The van der Waals surface area contributed by atoms with Crippen LogP contribution in [-0.2, 0) is 6.54 Å². The second-order valence-corrected chi connectivity index (χ2v) is 5.21. The first-order valence-electron chi connectivity index (χ1n) is 6.58. The van der Waals surface area contributed by atoms with E-state index in [9.17, 15) is 4.79 Å². The van der Waals surface area contributed by atoms with Gasteiger partial charge >= 0.3 is 0 Å². The molecule has 2 rings (SSSR count). The standard InChI is InChI=1S/C13H22N4O/c1-4-17-10-11(9-15-17)12(18)13(2,3)16-7-5-14-6-8-16/h9-10,14H,4-8H2,1-3H3. The van der Waals surface area contributed by atoms with E-state index >= 15 is 0 Å². The first-order chi connectivity index (χ1) is 8.55. The van der Waals surface area contributed by atoms with Gasteiger partial charge in [-0.3, -0.25) is 14.4 Å². The lowest BCUT2D eigenvalue weighted by atomic mass is 9.92. The van der Waals surface area contributed by atoms with Crippen LogP contribution in [0.15, 0.2) is 12.4 Å². The molecule has 0 unspecified atom stereocenters. The number of hydrogen-bond donors (Lipinski definition) is 1. The average Bonchev–Trinajstić information content (AvgIpc) is 2.87. The molecule has 0 saturated carbocycles. The predicted octanol–water partition coefficient (Wildman–Crippen LogP) is 0.770. The lowest BCUT2D eigenvalue weighted by molar-refractivity contribution is 0.0602. The Kier molecular flexibility index (Phi) is 3.82. The first kappa shape index (κ1) is 13.2. The molecule has 2 heterocycles. The number of Topliss-reactive ketones (excluding diaryl/α,β-unsaturated/α-hetero) is 1. The molecule has 18 heavy (non-hydrogen) atoms. The van der Waals surface area contributed by atoms with Crippen LogP contribution in [0.5, 0.6) is 0 Å². The molecule has 100 valence electrons.